The molecule has 0 aromatic heterocycles. The maximum absolute atomic E-state index is 11.8. The summed E-state index contributed by atoms with van der Waals surface area (Å²) in [7, 11) is 0. The molecule has 92 valence electrons. The van der Waals surface area contributed by atoms with Crippen LogP contribution in [-0.2, 0) is 9.59 Å². The minimum atomic E-state index is -0.483. The Balaban J connectivity index is 2.86. The van der Waals surface area contributed by atoms with Crippen LogP contribution in [0.5, 0.6) is 0 Å². The molecule has 0 bridgehead atoms. The molecule has 2 N–H and O–H groups in total. The zero-order chi connectivity index (χ0) is 13.1. The van der Waals surface area contributed by atoms with E-state index >= 15 is 0 Å². The van der Waals surface area contributed by atoms with Gasteiger partial charge in [-0.1, -0.05) is 32.4 Å². The van der Waals surface area contributed by atoms with Crippen molar-refractivity contribution in [3.8, 4) is 0 Å². The van der Waals surface area contributed by atoms with Crippen molar-refractivity contribution >= 4 is 35.3 Å². The first-order valence-corrected chi connectivity index (χ1v) is 5.53. The van der Waals surface area contributed by atoms with E-state index in [0.29, 0.717) is 22.8 Å². The van der Waals surface area contributed by atoms with E-state index in [1.165, 1.54) is 0 Å². The predicted molar refractivity (Wildman–Crippen MR) is 69.2 cm³/mol. The molecule has 4 nitrogen and oxygen atoms in total. The van der Waals surface area contributed by atoms with Gasteiger partial charge in [-0.3, -0.25) is 9.59 Å². The molecule has 0 spiro atoms. The lowest BCUT2D eigenvalue weighted by atomic mass is 9.95. The Labute approximate surface area is 105 Å². The molecular formula is C12H15ClN2O2. The third-order valence-electron chi connectivity index (χ3n) is 2.12. The molecule has 1 rings (SSSR count). The maximum atomic E-state index is 11.8. The van der Waals surface area contributed by atoms with Crippen molar-refractivity contribution in [1.29, 1.82) is 0 Å². The zero-order valence-electron chi connectivity index (χ0n) is 10.0. The molecule has 0 aliphatic carbocycles. The number of rotatable bonds is 3. The van der Waals surface area contributed by atoms with E-state index in [1.807, 2.05) is 20.8 Å². The van der Waals surface area contributed by atoms with Crippen LogP contribution in [0.1, 0.15) is 20.8 Å². The number of anilines is 2. The van der Waals surface area contributed by atoms with Gasteiger partial charge in [0.05, 0.1) is 10.7 Å². The van der Waals surface area contributed by atoms with E-state index < -0.39 is 5.41 Å². The van der Waals surface area contributed by atoms with Crippen molar-refractivity contribution in [3.63, 3.8) is 0 Å². The normalized spacial score (nSPS) is 10.8. The van der Waals surface area contributed by atoms with Gasteiger partial charge in [0.25, 0.3) is 0 Å². The monoisotopic (exact) mass is 254 g/mol. The van der Waals surface area contributed by atoms with Gasteiger partial charge in [-0.2, -0.15) is 0 Å². The molecule has 0 heterocycles. The highest BCUT2D eigenvalue weighted by atomic mass is 35.5. The van der Waals surface area contributed by atoms with Crippen molar-refractivity contribution in [2.75, 3.05) is 10.6 Å². The summed E-state index contributed by atoms with van der Waals surface area (Å²) in [5.74, 6) is -0.115. The third kappa shape index (κ3) is 3.75. The van der Waals surface area contributed by atoms with Crippen molar-refractivity contribution in [3.05, 3.63) is 23.2 Å². The molecule has 5 heteroatoms. The van der Waals surface area contributed by atoms with Crippen molar-refractivity contribution in [2.24, 2.45) is 5.41 Å². The summed E-state index contributed by atoms with van der Waals surface area (Å²) in [6.45, 7) is 5.45. The Morgan fingerprint density at radius 1 is 1.35 bits per heavy atom. The molecule has 0 radical (unpaired) electrons. The highest BCUT2D eigenvalue weighted by molar-refractivity contribution is 6.34. The lowest BCUT2D eigenvalue weighted by Crippen LogP contribution is -2.27. The van der Waals surface area contributed by atoms with E-state index in [-0.39, 0.29) is 5.91 Å². The van der Waals surface area contributed by atoms with E-state index in [9.17, 15) is 9.59 Å². The topological polar surface area (TPSA) is 58.2 Å². The first kappa shape index (κ1) is 13.5. The number of amides is 2. The third-order valence-corrected chi connectivity index (χ3v) is 2.44. The number of hydrogen-bond acceptors (Lipinski definition) is 2. The van der Waals surface area contributed by atoms with E-state index in [2.05, 4.69) is 10.6 Å². The number of halogens is 1. The summed E-state index contributed by atoms with van der Waals surface area (Å²) in [5.41, 5.74) is 0.630. The maximum Gasteiger partial charge on any atom is 0.229 e. The summed E-state index contributed by atoms with van der Waals surface area (Å²) in [6, 6.07) is 4.89. The number of hydrogen-bond donors (Lipinski definition) is 2. The summed E-state index contributed by atoms with van der Waals surface area (Å²) < 4.78 is 0. The molecule has 0 atom stereocenters. The van der Waals surface area contributed by atoms with Gasteiger partial charge in [0, 0.05) is 11.1 Å². The molecule has 17 heavy (non-hydrogen) atoms. The molecule has 2 amide bonds. The molecule has 1 aromatic carbocycles. The molecule has 1 aromatic rings. The number of carbonyl (C=O) groups is 2. The minimum Gasteiger partial charge on any atom is -0.329 e. The Morgan fingerprint density at radius 2 is 2.00 bits per heavy atom. The minimum absolute atomic E-state index is 0.115. The molecule has 0 aliphatic rings. The Morgan fingerprint density at radius 3 is 2.47 bits per heavy atom. The van der Waals surface area contributed by atoms with Crippen LogP contribution in [0.15, 0.2) is 18.2 Å². The fraction of sp³-hybridized carbons (Fsp3) is 0.333. The highest BCUT2D eigenvalue weighted by Gasteiger charge is 2.21. The van der Waals surface area contributed by atoms with Crippen LogP contribution >= 0.6 is 11.6 Å². The molecule has 0 unspecified atom stereocenters. The van der Waals surface area contributed by atoms with Crippen molar-refractivity contribution in [2.45, 2.75) is 20.8 Å². The molecule has 0 fully saturated rings. The summed E-state index contributed by atoms with van der Waals surface area (Å²) in [5, 5.41) is 5.60. The SMILES string of the molecule is CC(C)(C)C(=O)Nc1ccc(NC=O)cc1Cl. The van der Waals surface area contributed by atoms with Crippen LogP contribution < -0.4 is 10.6 Å². The van der Waals surface area contributed by atoms with Crippen LogP contribution in [-0.4, -0.2) is 12.3 Å². The van der Waals surface area contributed by atoms with Gasteiger partial charge in [-0.05, 0) is 18.2 Å². The molecule has 0 aliphatic heterocycles. The van der Waals surface area contributed by atoms with Gasteiger partial charge in [0.15, 0.2) is 0 Å². The van der Waals surface area contributed by atoms with Gasteiger partial charge < -0.3 is 10.6 Å². The van der Waals surface area contributed by atoms with Crippen LogP contribution in [0, 0.1) is 5.41 Å². The first-order valence-electron chi connectivity index (χ1n) is 5.16. The zero-order valence-corrected chi connectivity index (χ0v) is 10.8. The largest absolute Gasteiger partial charge is 0.329 e. The van der Waals surface area contributed by atoms with Crippen molar-refractivity contribution in [1.82, 2.24) is 0 Å². The smallest absolute Gasteiger partial charge is 0.229 e. The average molecular weight is 255 g/mol. The molecule has 0 saturated carbocycles. The fourth-order valence-electron chi connectivity index (χ4n) is 1.08. The Hall–Kier alpha value is -1.55. The van der Waals surface area contributed by atoms with E-state index in [0.717, 1.165) is 0 Å². The highest BCUT2D eigenvalue weighted by Crippen LogP contribution is 2.27. The number of carbonyl (C=O) groups excluding carboxylic acids is 2. The van der Waals surface area contributed by atoms with Crippen LogP contribution in [0.3, 0.4) is 0 Å². The van der Waals surface area contributed by atoms with Gasteiger partial charge in [-0.15, -0.1) is 0 Å². The fourth-order valence-corrected chi connectivity index (χ4v) is 1.31. The lowest BCUT2D eigenvalue weighted by molar-refractivity contribution is -0.123. The lowest BCUT2D eigenvalue weighted by Gasteiger charge is -2.18. The van der Waals surface area contributed by atoms with Crippen LogP contribution in [0.2, 0.25) is 5.02 Å². The number of benzene rings is 1. The van der Waals surface area contributed by atoms with Crippen LogP contribution in [0.25, 0.3) is 0 Å². The van der Waals surface area contributed by atoms with Gasteiger partial charge >= 0.3 is 0 Å². The quantitative estimate of drug-likeness (QED) is 0.815. The molecule has 0 saturated heterocycles. The summed E-state index contributed by atoms with van der Waals surface area (Å²) in [4.78, 5) is 22.0. The van der Waals surface area contributed by atoms with Gasteiger partial charge in [0.2, 0.25) is 12.3 Å². The second-order valence-electron chi connectivity index (χ2n) is 4.66. The van der Waals surface area contributed by atoms with Gasteiger partial charge in [-0.25, -0.2) is 0 Å². The standard InChI is InChI=1S/C12H15ClN2O2/c1-12(2,3)11(17)15-10-5-4-8(14-7-16)6-9(10)13/h4-7H,1-3H3,(H,14,16)(H,15,17). The second kappa shape index (κ2) is 5.19. The summed E-state index contributed by atoms with van der Waals surface area (Å²) in [6.07, 6.45) is 0.569. The summed E-state index contributed by atoms with van der Waals surface area (Å²) >= 11 is 5.99. The predicted octanol–water partition coefficient (Wildman–Crippen LogP) is 2.89. The Bertz CT molecular complexity index is 439. The van der Waals surface area contributed by atoms with Crippen LogP contribution in [0.4, 0.5) is 11.4 Å². The number of nitrogens with one attached hydrogen (secondary N) is 2. The average Bonchev–Trinajstić information content (AvgIpc) is 2.21. The van der Waals surface area contributed by atoms with E-state index in [4.69, 9.17) is 11.6 Å². The second-order valence-corrected chi connectivity index (χ2v) is 5.07. The van der Waals surface area contributed by atoms with Crippen molar-refractivity contribution < 1.29 is 9.59 Å². The van der Waals surface area contributed by atoms with E-state index in [1.54, 1.807) is 18.2 Å². The Kier molecular flexibility index (Phi) is 4.12. The van der Waals surface area contributed by atoms with Gasteiger partial charge in [0.1, 0.15) is 0 Å². The molecular weight excluding hydrogens is 240 g/mol. The first-order chi connectivity index (χ1) is 7.84.